The second kappa shape index (κ2) is 6.63. The van der Waals surface area contributed by atoms with Gasteiger partial charge in [0.05, 0.1) is 19.3 Å². The van der Waals surface area contributed by atoms with Crippen molar-refractivity contribution >= 4 is 0 Å². The molecule has 0 fully saturated rings. The Kier molecular flexibility index (Phi) is 4.85. The highest BCUT2D eigenvalue weighted by molar-refractivity contribution is 5.28. The van der Waals surface area contributed by atoms with Gasteiger partial charge in [-0.25, -0.2) is 4.79 Å². The molecule has 0 saturated heterocycles. The van der Waals surface area contributed by atoms with Crippen LogP contribution in [0.1, 0.15) is 38.5 Å². The van der Waals surface area contributed by atoms with Gasteiger partial charge in [0, 0.05) is 18.4 Å². The molecule has 5 nitrogen and oxygen atoms in total. The molecule has 0 saturated carbocycles. The normalized spacial score (nSPS) is 12.6. The molecule has 1 atom stereocenters. The van der Waals surface area contributed by atoms with Gasteiger partial charge in [-0.2, -0.15) is 0 Å². The van der Waals surface area contributed by atoms with Crippen molar-refractivity contribution < 1.29 is 9.84 Å². The number of ether oxygens (including phenoxy) is 1. The summed E-state index contributed by atoms with van der Waals surface area (Å²) < 4.78 is 8.54. The predicted molar refractivity (Wildman–Crippen MR) is 81.6 cm³/mol. The molecule has 0 aliphatic carbocycles. The molecule has 1 aromatic heterocycles. The summed E-state index contributed by atoms with van der Waals surface area (Å²) in [5.74, 6) is 0.775. The molecular formula is C16H22N2O3. The van der Waals surface area contributed by atoms with Gasteiger partial charge in [0.15, 0.2) is 0 Å². The molecule has 0 radical (unpaired) electrons. The third-order valence-corrected chi connectivity index (χ3v) is 3.38. The maximum atomic E-state index is 12.1. The first-order valence-corrected chi connectivity index (χ1v) is 7.21. The minimum Gasteiger partial charge on any atom is -0.494 e. The van der Waals surface area contributed by atoms with E-state index in [2.05, 4.69) is 0 Å². The first-order valence-electron chi connectivity index (χ1n) is 7.21. The number of imidazole rings is 1. The van der Waals surface area contributed by atoms with E-state index in [1.54, 1.807) is 17.0 Å². The van der Waals surface area contributed by atoms with Crippen LogP contribution in [0.3, 0.4) is 0 Å². The van der Waals surface area contributed by atoms with Crippen molar-refractivity contribution in [1.29, 1.82) is 0 Å². The quantitative estimate of drug-likeness (QED) is 0.888. The summed E-state index contributed by atoms with van der Waals surface area (Å²) in [6.07, 6.45) is 2.74. The number of rotatable bonds is 6. The molecule has 1 N–H and O–H groups in total. The standard InChI is InChI=1S/C16H22N2O3/c1-4-21-14-7-5-13(6-8-14)15(19)11-17-9-10-18(12(2)3)16(17)20/h5-10,12,15,19H,4,11H2,1-3H3. The predicted octanol–water partition coefficient (Wildman–Crippen LogP) is 2.36. The fourth-order valence-electron chi connectivity index (χ4n) is 2.20. The molecule has 0 aliphatic heterocycles. The van der Waals surface area contributed by atoms with Crippen LogP contribution in [0.4, 0.5) is 0 Å². The smallest absolute Gasteiger partial charge is 0.328 e. The highest BCUT2D eigenvalue weighted by atomic mass is 16.5. The van der Waals surface area contributed by atoms with Crippen LogP contribution >= 0.6 is 0 Å². The minimum absolute atomic E-state index is 0.102. The summed E-state index contributed by atoms with van der Waals surface area (Å²) in [5.41, 5.74) is 0.664. The Morgan fingerprint density at radius 2 is 1.86 bits per heavy atom. The van der Waals surface area contributed by atoms with Gasteiger partial charge in [-0.05, 0) is 38.5 Å². The number of hydrogen-bond donors (Lipinski definition) is 1. The first-order chi connectivity index (χ1) is 10.0. The Balaban J connectivity index is 2.10. The van der Waals surface area contributed by atoms with E-state index in [-0.39, 0.29) is 18.3 Å². The molecule has 2 aromatic rings. The minimum atomic E-state index is -0.721. The topological polar surface area (TPSA) is 56.4 Å². The Hall–Kier alpha value is -2.01. The molecule has 0 bridgehead atoms. The van der Waals surface area contributed by atoms with Gasteiger partial charge < -0.3 is 9.84 Å². The molecule has 21 heavy (non-hydrogen) atoms. The van der Waals surface area contributed by atoms with Crippen molar-refractivity contribution in [1.82, 2.24) is 9.13 Å². The largest absolute Gasteiger partial charge is 0.494 e. The van der Waals surface area contributed by atoms with Crippen LogP contribution in [0, 0.1) is 0 Å². The van der Waals surface area contributed by atoms with Gasteiger partial charge in [-0.1, -0.05) is 12.1 Å². The summed E-state index contributed by atoms with van der Waals surface area (Å²) in [5, 5.41) is 10.3. The number of hydrogen-bond acceptors (Lipinski definition) is 3. The molecule has 0 spiro atoms. The summed E-state index contributed by atoms with van der Waals surface area (Å²) in [7, 11) is 0. The number of benzene rings is 1. The summed E-state index contributed by atoms with van der Waals surface area (Å²) >= 11 is 0. The van der Waals surface area contributed by atoms with E-state index in [4.69, 9.17) is 4.74 Å². The lowest BCUT2D eigenvalue weighted by Crippen LogP contribution is -2.27. The zero-order chi connectivity index (χ0) is 15.4. The molecular weight excluding hydrogens is 268 g/mol. The molecule has 114 valence electrons. The second-order valence-corrected chi connectivity index (χ2v) is 5.25. The maximum absolute atomic E-state index is 12.1. The third kappa shape index (κ3) is 3.55. The average molecular weight is 290 g/mol. The van der Waals surface area contributed by atoms with Crippen LogP contribution in [-0.2, 0) is 6.54 Å². The van der Waals surface area contributed by atoms with Gasteiger partial charge in [-0.3, -0.25) is 9.13 Å². The maximum Gasteiger partial charge on any atom is 0.328 e. The van der Waals surface area contributed by atoms with Crippen LogP contribution in [0.15, 0.2) is 41.5 Å². The number of aliphatic hydroxyl groups is 1. The number of aromatic nitrogens is 2. The van der Waals surface area contributed by atoms with Crippen molar-refractivity contribution in [3.05, 3.63) is 52.7 Å². The average Bonchev–Trinajstić information content (AvgIpc) is 2.81. The lowest BCUT2D eigenvalue weighted by atomic mass is 10.1. The van der Waals surface area contributed by atoms with Gasteiger partial charge in [0.1, 0.15) is 5.75 Å². The molecule has 0 amide bonds. The number of aliphatic hydroxyl groups excluding tert-OH is 1. The van der Waals surface area contributed by atoms with Gasteiger partial charge in [-0.15, -0.1) is 0 Å². The lowest BCUT2D eigenvalue weighted by Gasteiger charge is -2.12. The third-order valence-electron chi connectivity index (χ3n) is 3.38. The SMILES string of the molecule is CCOc1ccc(C(O)Cn2ccn(C(C)C)c2=O)cc1. The molecule has 1 unspecified atom stereocenters. The highest BCUT2D eigenvalue weighted by Gasteiger charge is 2.12. The summed E-state index contributed by atoms with van der Waals surface area (Å²) in [6.45, 7) is 6.68. The van der Waals surface area contributed by atoms with E-state index >= 15 is 0 Å². The first kappa shape index (κ1) is 15.4. The number of nitrogens with zero attached hydrogens (tertiary/aromatic N) is 2. The van der Waals surface area contributed by atoms with E-state index in [9.17, 15) is 9.90 Å². The fourth-order valence-corrected chi connectivity index (χ4v) is 2.20. The van der Waals surface area contributed by atoms with Crippen molar-refractivity contribution in [3.63, 3.8) is 0 Å². The van der Waals surface area contributed by atoms with Crippen LogP contribution < -0.4 is 10.4 Å². The molecule has 1 heterocycles. The summed E-state index contributed by atoms with van der Waals surface area (Å²) in [4.78, 5) is 12.1. The van der Waals surface area contributed by atoms with Crippen LogP contribution in [0.2, 0.25) is 0 Å². The Labute approximate surface area is 124 Å². The van der Waals surface area contributed by atoms with E-state index in [0.29, 0.717) is 6.61 Å². The molecule has 0 aliphatic rings. The summed E-state index contributed by atoms with van der Waals surface area (Å²) in [6, 6.07) is 7.40. The van der Waals surface area contributed by atoms with Gasteiger partial charge in [0.25, 0.3) is 0 Å². The van der Waals surface area contributed by atoms with Crippen molar-refractivity contribution in [2.24, 2.45) is 0 Å². The zero-order valence-electron chi connectivity index (χ0n) is 12.7. The van der Waals surface area contributed by atoms with Crippen LogP contribution in [0.5, 0.6) is 5.75 Å². The zero-order valence-corrected chi connectivity index (χ0v) is 12.7. The van der Waals surface area contributed by atoms with E-state index in [1.807, 2.05) is 45.0 Å². The van der Waals surface area contributed by atoms with Crippen LogP contribution in [0.25, 0.3) is 0 Å². The monoisotopic (exact) mass is 290 g/mol. The Morgan fingerprint density at radius 3 is 2.38 bits per heavy atom. The molecule has 5 heteroatoms. The van der Waals surface area contributed by atoms with E-state index in [0.717, 1.165) is 11.3 Å². The van der Waals surface area contributed by atoms with Gasteiger partial charge >= 0.3 is 5.69 Å². The van der Waals surface area contributed by atoms with E-state index < -0.39 is 6.10 Å². The molecule has 2 rings (SSSR count). The Morgan fingerprint density at radius 1 is 1.19 bits per heavy atom. The lowest BCUT2D eigenvalue weighted by molar-refractivity contribution is 0.154. The molecule has 1 aromatic carbocycles. The van der Waals surface area contributed by atoms with Crippen molar-refractivity contribution in [2.45, 2.75) is 39.5 Å². The highest BCUT2D eigenvalue weighted by Crippen LogP contribution is 2.19. The Bertz CT molecular complexity index is 626. The van der Waals surface area contributed by atoms with Gasteiger partial charge in [0.2, 0.25) is 0 Å². The van der Waals surface area contributed by atoms with Crippen molar-refractivity contribution in [2.75, 3.05) is 6.61 Å². The van der Waals surface area contributed by atoms with Crippen molar-refractivity contribution in [3.8, 4) is 5.75 Å². The van der Waals surface area contributed by atoms with E-state index in [1.165, 1.54) is 4.57 Å². The van der Waals surface area contributed by atoms with Crippen LogP contribution in [-0.4, -0.2) is 20.8 Å². The fraction of sp³-hybridized carbons (Fsp3) is 0.438. The second-order valence-electron chi connectivity index (χ2n) is 5.25.